The number of aryl methyl sites for hydroxylation is 3. The fraction of sp³-hybridized carbons (Fsp3) is 0.435. The molecule has 2 heterocycles. The van der Waals surface area contributed by atoms with Gasteiger partial charge in [0, 0.05) is 36.7 Å². The number of anilines is 1. The number of hydrogen-bond donors (Lipinski definition) is 1. The summed E-state index contributed by atoms with van der Waals surface area (Å²) >= 11 is 3.60. The van der Waals surface area contributed by atoms with E-state index in [1.54, 1.807) is 11.3 Å². The number of para-hydroxylation sites is 1. The standard InChI is InChI=1S/C13H18N2S2.C10H13NO/c1-9-14-7-12(17-9)16-8-11-5-10(6-15-11)13(2,3)4;1-7-5-4-6-8(2)10(7)11-9(3)12/h6-7H,5,8H2,1-4H3;4-6H,1-3H3,(H,11,12). The number of aliphatic imine (C=N–C) groups is 1. The van der Waals surface area contributed by atoms with Crippen molar-refractivity contribution in [3.63, 3.8) is 0 Å². The quantitative estimate of drug-likeness (QED) is 0.558. The smallest absolute Gasteiger partial charge is 0.221 e. The molecule has 0 saturated carbocycles. The van der Waals surface area contributed by atoms with Crippen LogP contribution < -0.4 is 5.32 Å². The Morgan fingerprint density at radius 1 is 1.21 bits per heavy atom. The number of rotatable bonds is 4. The number of nitrogens with one attached hydrogen (secondary N) is 1. The number of aromatic nitrogens is 1. The first-order valence-electron chi connectivity index (χ1n) is 9.70. The molecule has 29 heavy (non-hydrogen) atoms. The van der Waals surface area contributed by atoms with E-state index in [1.165, 1.54) is 22.4 Å². The third-order valence-electron chi connectivity index (χ3n) is 4.52. The molecule has 3 rings (SSSR count). The summed E-state index contributed by atoms with van der Waals surface area (Å²) in [5.74, 6) is 0.963. The van der Waals surface area contributed by atoms with Crippen molar-refractivity contribution in [3.8, 4) is 0 Å². The van der Waals surface area contributed by atoms with Gasteiger partial charge in [0.2, 0.25) is 5.91 Å². The maximum atomic E-state index is 10.8. The van der Waals surface area contributed by atoms with Crippen molar-refractivity contribution in [2.45, 2.75) is 59.1 Å². The monoisotopic (exact) mass is 429 g/mol. The number of benzene rings is 1. The highest BCUT2D eigenvalue weighted by Gasteiger charge is 2.22. The average molecular weight is 430 g/mol. The number of allylic oxidation sites excluding steroid dienone is 1. The van der Waals surface area contributed by atoms with Crippen LogP contribution in [0.3, 0.4) is 0 Å². The van der Waals surface area contributed by atoms with Crippen molar-refractivity contribution in [3.05, 3.63) is 52.3 Å². The lowest BCUT2D eigenvalue weighted by atomic mass is 9.85. The zero-order chi connectivity index (χ0) is 21.6. The second-order valence-corrected chi connectivity index (χ2v) is 10.7. The Kier molecular flexibility index (Phi) is 8.23. The van der Waals surface area contributed by atoms with Gasteiger partial charge in [0.05, 0.1) is 15.4 Å². The zero-order valence-corrected chi connectivity index (χ0v) is 20.1. The van der Waals surface area contributed by atoms with E-state index in [-0.39, 0.29) is 11.3 Å². The maximum Gasteiger partial charge on any atom is 0.221 e. The highest BCUT2D eigenvalue weighted by atomic mass is 32.2. The van der Waals surface area contributed by atoms with Crippen LogP contribution in [0.4, 0.5) is 5.69 Å². The Bertz CT molecular complexity index is 900. The van der Waals surface area contributed by atoms with Gasteiger partial charge >= 0.3 is 0 Å². The van der Waals surface area contributed by atoms with Crippen LogP contribution in [0.25, 0.3) is 0 Å². The van der Waals surface area contributed by atoms with Gasteiger partial charge in [-0.05, 0) is 42.9 Å². The SMILES string of the molecule is CC(=O)Nc1c(C)cccc1C.Cc1ncc(SCC2=NC=C(C(C)(C)C)C2)s1. The minimum Gasteiger partial charge on any atom is -0.326 e. The number of thiazole rings is 1. The van der Waals surface area contributed by atoms with Crippen molar-refractivity contribution in [1.82, 2.24) is 4.98 Å². The molecule has 0 radical (unpaired) electrons. The molecular formula is C23H31N3OS2. The molecule has 1 aliphatic rings. The summed E-state index contributed by atoms with van der Waals surface area (Å²) in [6.07, 6.45) is 5.04. The third kappa shape index (κ3) is 7.44. The largest absolute Gasteiger partial charge is 0.326 e. The molecule has 1 aromatic heterocycles. The minimum atomic E-state index is -0.0209. The Balaban J connectivity index is 0.000000221. The van der Waals surface area contributed by atoms with Crippen LogP contribution in [-0.2, 0) is 4.79 Å². The topological polar surface area (TPSA) is 54.4 Å². The molecule has 1 aliphatic heterocycles. The molecule has 0 bridgehead atoms. The van der Waals surface area contributed by atoms with Gasteiger partial charge in [0.15, 0.2) is 0 Å². The van der Waals surface area contributed by atoms with Crippen molar-refractivity contribution in [2.75, 3.05) is 11.1 Å². The molecule has 0 aliphatic carbocycles. The Hall–Kier alpha value is -1.92. The van der Waals surface area contributed by atoms with E-state index in [0.29, 0.717) is 0 Å². The van der Waals surface area contributed by atoms with Crippen LogP contribution in [0.15, 0.2) is 45.4 Å². The van der Waals surface area contributed by atoms with Gasteiger partial charge in [-0.2, -0.15) is 0 Å². The highest BCUT2D eigenvalue weighted by molar-refractivity contribution is 8.01. The Morgan fingerprint density at radius 2 is 1.86 bits per heavy atom. The summed E-state index contributed by atoms with van der Waals surface area (Å²) in [5, 5.41) is 3.94. The molecule has 0 spiro atoms. The van der Waals surface area contributed by atoms with E-state index in [1.807, 2.05) is 63.1 Å². The molecular weight excluding hydrogens is 398 g/mol. The number of thioether (sulfide) groups is 1. The van der Waals surface area contributed by atoms with E-state index in [0.717, 1.165) is 34.0 Å². The van der Waals surface area contributed by atoms with E-state index in [4.69, 9.17) is 0 Å². The summed E-state index contributed by atoms with van der Waals surface area (Å²) in [4.78, 5) is 19.6. The summed E-state index contributed by atoms with van der Waals surface area (Å²) in [5.41, 5.74) is 6.11. The van der Waals surface area contributed by atoms with Crippen LogP contribution in [-0.4, -0.2) is 22.4 Å². The summed E-state index contributed by atoms with van der Waals surface area (Å²) in [6.45, 7) is 14.3. The predicted octanol–water partition coefficient (Wildman–Crippen LogP) is 6.58. The number of amides is 1. The number of hydrogen-bond acceptors (Lipinski definition) is 5. The molecule has 0 unspecified atom stereocenters. The molecule has 0 saturated heterocycles. The van der Waals surface area contributed by atoms with E-state index >= 15 is 0 Å². The van der Waals surface area contributed by atoms with Crippen LogP contribution in [0.1, 0.15) is 50.3 Å². The predicted molar refractivity (Wildman–Crippen MR) is 127 cm³/mol. The van der Waals surface area contributed by atoms with Crippen LogP contribution in [0, 0.1) is 26.2 Å². The first kappa shape index (κ1) is 23.4. The van der Waals surface area contributed by atoms with Crippen LogP contribution in [0.2, 0.25) is 0 Å². The van der Waals surface area contributed by atoms with E-state index in [9.17, 15) is 4.79 Å². The van der Waals surface area contributed by atoms with Crippen LogP contribution >= 0.6 is 23.1 Å². The molecule has 0 atom stereocenters. The summed E-state index contributed by atoms with van der Waals surface area (Å²) in [6, 6.07) is 5.95. The summed E-state index contributed by atoms with van der Waals surface area (Å²) in [7, 11) is 0. The maximum absolute atomic E-state index is 10.8. The van der Waals surface area contributed by atoms with Crippen molar-refractivity contribution in [1.29, 1.82) is 0 Å². The number of carbonyl (C=O) groups excluding carboxylic acids is 1. The van der Waals surface area contributed by atoms with Gasteiger partial charge in [-0.1, -0.05) is 39.0 Å². The Morgan fingerprint density at radius 3 is 2.34 bits per heavy atom. The van der Waals surface area contributed by atoms with E-state index < -0.39 is 0 Å². The molecule has 1 aromatic carbocycles. The van der Waals surface area contributed by atoms with Crippen molar-refractivity contribution < 1.29 is 4.79 Å². The first-order valence-corrected chi connectivity index (χ1v) is 11.5. The molecule has 156 valence electrons. The van der Waals surface area contributed by atoms with Gasteiger partial charge in [0.25, 0.3) is 0 Å². The molecule has 6 heteroatoms. The Labute approximate surface area is 182 Å². The minimum absolute atomic E-state index is 0.0209. The molecule has 1 N–H and O–H groups in total. The first-order chi connectivity index (χ1) is 13.6. The van der Waals surface area contributed by atoms with Gasteiger partial charge in [-0.15, -0.1) is 23.1 Å². The lowest BCUT2D eigenvalue weighted by Gasteiger charge is -2.19. The highest BCUT2D eigenvalue weighted by Crippen LogP contribution is 2.33. The van der Waals surface area contributed by atoms with Crippen molar-refractivity contribution in [2.24, 2.45) is 10.4 Å². The lowest BCUT2D eigenvalue weighted by molar-refractivity contribution is -0.114. The van der Waals surface area contributed by atoms with Gasteiger partial charge in [-0.25, -0.2) is 4.98 Å². The van der Waals surface area contributed by atoms with Gasteiger partial charge in [0.1, 0.15) is 0 Å². The molecule has 1 amide bonds. The molecule has 4 nitrogen and oxygen atoms in total. The average Bonchev–Trinajstić information content (AvgIpc) is 3.25. The summed E-state index contributed by atoms with van der Waals surface area (Å²) < 4.78 is 1.29. The van der Waals surface area contributed by atoms with Crippen LogP contribution in [0.5, 0.6) is 0 Å². The second kappa shape index (κ2) is 10.2. The second-order valence-electron chi connectivity index (χ2n) is 8.21. The third-order valence-corrected chi connectivity index (χ3v) is 6.70. The molecule has 0 fully saturated rings. The van der Waals surface area contributed by atoms with Crippen molar-refractivity contribution >= 4 is 40.4 Å². The number of carbonyl (C=O) groups is 1. The van der Waals surface area contributed by atoms with Gasteiger partial charge in [-0.3, -0.25) is 9.79 Å². The normalized spacial score (nSPS) is 13.3. The van der Waals surface area contributed by atoms with E-state index in [2.05, 4.69) is 36.1 Å². The zero-order valence-electron chi connectivity index (χ0n) is 18.4. The molecule has 2 aromatic rings. The number of nitrogens with zero attached hydrogens (tertiary/aromatic N) is 2. The fourth-order valence-corrected chi connectivity index (χ4v) is 4.67. The van der Waals surface area contributed by atoms with Gasteiger partial charge < -0.3 is 5.32 Å². The lowest BCUT2D eigenvalue weighted by Crippen LogP contribution is -2.11. The fourth-order valence-electron chi connectivity index (χ4n) is 2.78.